The summed E-state index contributed by atoms with van der Waals surface area (Å²) in [6.07, 6.45) is 1.85. The molecule has 2 heterocycles. The number of rotatable bonds is 7. The van der Waals surface area contributed by atoms with Gasteiger partial charge in [-0.15, -0.1) is 0 Å². The highest BCUT2D eigenvalue weighted by atomic mass is 16.5. The van der Waals surface area contributed by atoms with Gasteiger partial charge in [-0.2, -0.15) is 0 Å². The molecule has 0 atom stereocenters. The van der Waals surface area contributed by atoms with E-state index in [9.17, 15) is 14.4 Å². The summed E-state index contributed by atoms with van der Waals surface area (Å²) in [5.74, 6) is -0.339. The summed E-state index contributed by atoms with van der Waals surface area (Å²) in [5, 5.41) is 0. The van der Waals surface area contributed by atoms with Crippen LogP contribution in [0.2, 0.25) is 0 Å². The van der Waals surface area contributed by atoms with Crippen molar-refractivity contribution in [2.75, 3.05) is 6.61 Å². The normalized spacial score (nSPS) is 11.0. The van der Waals surface area contributed by atoms with E-state index in [0.29, 0.717) is 31.5 Å². The van der Waals surface area contributed by atoms with Gasteiger partial charge in [0, 0.05) is 20.0 Å². The highest BCUT2D eigenvalue weighted by molar-refractivity contribution is 5.70. The predicted octanol–water partition coefficient (Wildman–Crippen LogP) is 0.958. The Labute approximate surface area is 145 Å². The molecule has 0 N–H and O–H groups in total. The summed E-state index contributed by atoms with van der Waals surface area (Å²) >= 11 is 0. The van der Waals surface area contributed by atoms with Crippen molar-refractivity contribution in [1.29, 1.82) is 0 Å². The maximum Gasteiger partial charge on any atom is 0.332 e. The molecule has 8 nitrogen and oxygen atoms in total. The van der Waals surface area contributed by atoms with Gasteiger partial charge in [-0.25, -0.2) is 14.8 Å². The number of ether oxygens (including phenoxy) is 1. The molecule has 2 aromatic heterocycles. The molecule has 0 saturated carbocycles. The van der Waals surface area contributed by atoms with Crippen molar-refractivity contribution in [3.8, 4) is 0 Å². The van der Waals surface area contributed by atoms with Gasteiger partial charge in [-0.1, -0.05) is 13.8 Å². The fraction of sp³-hybridized carbons (Fsp3) is 0.588. The van der Waals surface area contributed by atoms with Gasteiger partial charge in [0.15, 0.2) is 11.2 Å². The second kappa shape index (κ2) is 8.04. The highest BCUT2D eigenvalue weighted by Gasteiger charge is 2.16. The van der Waals surface area contributed by atoms with E-state index in [-0.39, 0.29) is 24.5 Å². The van der Waals surface area contributed by atoms with Gasteiger partial charge in [0.2, 0.25) is 0 Å². The first-order valence-electron chi connectivity index (χ1n) is 8.59. The van der Waals surface area contributed by atoms with Crippen molar-refractivity contribution in [3.63, 3.8) is 0 Å². The molecule has 0 radical (unpaired) electrons. The Bertz CT molecular complexity index is 898. The Morgan fingerprint density at radius 1 is 1.08 bits per heavy atom. The Balaban J connectivity index is 2.47. The first-order valence-corrected chi connectivity index (χ1v) is 8.59. The fourth-order valence-corrected chi connectivity index (χ4v) is 2.74. The third-order valence-corrected chi connectivity index (χ3v) is 4.05. The lowest BCUT2D eigenvalue weighted by Gasteiger charge is -2.12. The van der Waals surface area contributed by atoms with Gasteiger partial charge in [0.1, 0.15) is 0 Å². The van der Waals surface area contributed by atoms with Gasteiger partial charge in [-0.05, 0) is 26.2 Å². The van der Waals surface area contributed by atoms with Crippen LogP contribution in [0, 0.1) is 0 Å². The molecule has 0 aliphatic heterocycles. The first kappa shape index (κ1) is 18.8. The van der Waals surface area contributed by atoms with Crippen molar-refractivity contribution in [1.82, 2.24) is 19.1 Å². The molecule has 0 amide bonds. The average Bonchev–Trinajstić information content (AvgIpc) is 2.61. The number of hydrogen-bond acceptors (Lipinski definition) is 6. The third kappa shape index (κ3) is 3.78. The zero-order valence-corrected chi connectivity index (χ0v) is 15.2. The van der Waals surface area contributed by atoms with Crippen LogP contribution in [-0.2, 0) is 36.0 Å². The van der Waals surface area contributed by atoms with E-state index in [1.54, 1.807) is 14.0 Å². The number of esters is 1. The van der Waals surface area contributed by atoms with Crippen LogP contribution in [0.1, 0.15) is 45.0 Å². The molecule has 8 heteroatoms. The topological polar surface area (TPSA) is 96.1 Å². The molecular formula is C17H24N4O4. The quantitative estimate of drug-likeness (QED) is 0.692. The second-order valence-electron chi connectivity index (χ2n) is 5.70. The summed E-state index contributed by atoms with van der Waals surface area (Å²) in [6, 6.07) is 0. The van der Waals surface area contributed by atoms with E-state index in [0.717, 1.165) is 16.0 Å². The van der Waals surface area contributed by atoms with Crippen LogP contribution in [0.3, 0.4) is 0 Å². The summed E-state index contributed by atoms with van der Waals surface area (Å²) in [7, 11) is 1.58. The van der Waals surface area contributed by atoms with Gasteiger partial charge in [-0.3, -0.25) is 18.7 Å². The van der Waals surface area contributed by atoms with Crippen LogP contribution in [-0.4, -0.2) is 31.7 Å². The largest absolute Gasteiger partial charge is 0.466 e. The molecule has 0 unspecified atom stereocenters. The van der Waals surface area contributed by atoms with Crippen LogP contribution < -0.4 is 11.2 Å². The number of fused-ring (bicyclic) bond motifs is 1. The molecule has 0 aliphatic carbocycles. The lowest BCUT2D eigenvalue weighted by atomic mass is 10.2. The van der Waals surface area contributed by atoms with Crippen molar-refractivity contribution in [2.24, 2.45) is 7.05 Å². The zero-order chi connectivity index (χ0) is 18.6. The minimum atomic E-state index is -0.466. The van der Waals surface area contributed by atoms with Crippen LogP contribution in [0.4, 0.5) is 0 Å². The molecule has 2 aromatic rings. The second-order valence-corrected chi connectivity index (χ2v) is 5.70. The zero-order valence-electron chi connectivity index (χ0n) is 15.2. The summed E-state index contributed by atoms with van der Waals surface area (Å²) < 4.78 is 7.31. The fourth-order valence-electron chi connectivity index (χ4n) is 2.74. The Morgan fingerprint density at radius 2 is 1.72 bits per heavy atom. The van der Waals surface area contributed by atoms with E-state index in [4.69, 9.17) is 4.74 Å². The molecule has 2 rings (SSSR count). The number of aryl methyl sites for hydroxylation is 3. The van der Waals surface area contributed by atoms with Crippen LogP contribution in [0.25, 0.3) is 11.2 Å². The molecule has 0 aromatic carbocycles. The van der Waals surface area contributed by atoms with Crippen LogP contribution in [0.15, 0.2) is 9.59 Å². The van der Waals surface area contributed by atoms with E-state index in [1.165, 1.54) is 4.57 Å². The number of aromatic nitrogens is 4. The number of carbonyl (C=O) groups excluding carboxylic acids is 1. The summed E-state index contributed by atoms with van der Waals surface area (Å²) in [4.78, 5) is 45.5. The van der Waals surface area contributed by atoms with Crippen LogP contribution >= 0.6 is 0 Å². The predicted molar refractivity (Wildman–Crippen MR) is 93.7 cm³/mol. The van der Waals surface area contributed by atoms with E-state index < -0.39 is 11.2 Å². The maximum atomic E-state index is 12.7. The molecular weight excluding hydrogens is 324 g/mol. The molecule has 0 spiro atoms. The average molecular weight is 348 g/mol. The lowest BCUT2D eigenvalue weighted by molar-refractivity contribution is -0.143. The van der Waals surface area contributed by atoms with E-state index in [1.807, 2.05) is 13.8 Å². The minimum Gasteiger partial charge on any atom is -0.466 e. The molecule has 0 fully saturated rings. The Kier molecular flexibility index (Phi) is 6.06. The smallest absolute Gasteiger partial charge is 0.332 e. The van der Waals surface area contributed by atoms with Crippen LogP contribution in [0.5, 0.6) is 0 Å². The molecule has 0 saturated heterocycles. The molecule has 136 valence electrons. The first-order chi connectivity index (χ1) is 11.9. The van der Waals surface area contributed by atoms with Gasteiger partial charge < -0.3 is 4.74 Å². The number of nitrogens with zero attached hydrogens (tertiary/aromatic N) is 4. The van der Waals surface area contributed by atoms with E-state index in [2.05, 4.69) is 9.97 Å². The SMILES string of the molecule is CCOC(=O)CCCn1c(=O)c2nc(CC)c(CC)nc2n(C)c1=O. The number of hydrogen-bond donors (Lipinski definition) is 0. The molecule has 25 heavy (non-hydrogen) atoms. The van der Waals surface area contributed by atoms with Crippen molar-refractivity contribution in [2.45, 2.75) is 53.0 Å². The van der Waals surface area contributed by atoms with Crippen molar-refractivity contribution < 1.29 is 9.53 Å². The lowest BCUT2D eigenvalue weighted by Crippen LogP contribution is -2.40. The standard InChI is InChI=1S/C17H24N4O4/c1-5-11-12(6-2)19-15-14(18-11)16(23)21(17(24)20(15)4)10-8-9-13(22)25-7-3/h5-10H2,1-4H3. The summed E-state index contributed by atoms with van der Waals surface area (Å²) in [6.45, 7) is 6.10. The van der Waals surface area contributed by atoms with Gasteiger partial charge >= 0.3 is 11.7 Å². The van der Waals surface area contributed by atoms with Crippen molar-refractivity contribution >= 4 is 17.1 Å². The Hall–Kier alpha value is -2.51. The molecule has 0 aliphatic rings. The maximum absolute atomic E-state index is 12.7. The summed E-state index contributed by atoms with van der Waals surface area (Å²) in [5.41, 5.74) is 1.13. The number of carbonyl (C=O) groups is 1. The minimum absolute atomic E-state index is 0.138. The van der Waals surface area contributed by atoms with Gasteiger partial charge in [0.25, 0.3) is 5.56 Å². The van der Waals surface area contributed by atoms with Crippen molar-refractivity contribution in [3.05, 3.63) is 32.2 Å². The highest BCUT2D eigenvalue weighted by Crippen LogP contribution is 2.10. The Morgan fingerprint density at radius 3 is 2.32 bits per heavy atom. The third-order valence-electron chi connectivity index (χ3n) is 4.05. The molecule has 0 bridgehead atoms. The monoisotopic (exact) mass is 348 g/mol. The van der Waals surface area contributed by atoms with Gasteiger partial charge in [0.05, 0.1) is 18.0 Å². The van der Waals surface area contributed by atoms with E-state index >= 15 is 0 Å².